The topological polar surface area (TPSA) is 172 Å². The Hall–Kier alpha value is -5.45. The van der Waals surface area contributed by atoms with Crippen molar-refractivity contribution in [3.05, 3.63) is 93.5 Å². The molecule has 50 heavy (non-hydrogen) atoms. The minimum absolute atomic E-state index is 0.00433. The lowest BCUT2D eigenvalue weighted by molar-refractivity contribution is -0.137. The van der Waals surface area contributed by atoms with Crippen molar-refractivity contribution >= 4 is 33.0 Å². The Balaban J connectivity index is 1.48. The fourth-order valence-corrected chi connectivity index (χ4v) is 7.10. The maximum atomic E-state index is 14.5. The Bertz CT molecular complexity index is 2310. The number of hydrogen-bond acceptors (Lipinski definition) is 9. The number of aromatic amines is 2. The first-order valence-electron chi connectivity index (χ1n) is 15.5. The minimum atomic E-state index is -4.93. The zero-order valence-corrected chi connectivity index (χ0v) is 27.9. The molecule has 2 aromatic carbocycles. The lowest BCUT2D eigenvalue weighted by atomic mass is 10.0. The third-order valence-electron chi connectivity index (χ3n) is 7.96. The highest BCUT2D eigenvalue weighted by Gasteiger charge is 2.37. The molecule has 1 amide bonds. The molecule has 0 spiro atoms. The van der Waals surface area contributed by atoms with Crippen molar-refractivity contribution in [2.24, 2.45) is 0 Å². The zero-order valence-electron chi connectivity index (χ0n) is 27.0. The van der Waals surface area contributed by atoms with Crippen LogP contribution in [0.4, 0.5) is 23.9 Å². The van der Waals surface area contributed by atoms with Crippen molar-refractivity contribution in [3.8, 4) is 22.4 Å². The van der Waals surface area contributed by atoms with Crippen LogP contribution in [0.1, 0.15) is 39.2 Å². The number of anilines is 1. The molecule has 1 atom stereocenters. The first-order chi connectivity index (χ1) is 23.5. The third kappa shape index (κ3) is 6.99. The normalized spacial score (nSPS) is 15.6. The van der Waals surface area contributed by atoms with Crippen molar-refractivity contribution in [1.82, 2.24) is 28.8 Å². The first-order valence-corrected chi connectivity index (χ1v) is 16.9. The molecule has 1 fully saturated rings. The largest absolute Gasteiger partial charge is 0.444 e. The van der Waals surface area contributed by atoms with Crippen LogP contribution in [0.3, 0.4) is 0 Å². The number of hydrogen-bond donors (Lipinski definition) is 3. The molecule has 0 radical (unpaired) electrons. The number of H-pyrrole nitrogens is 2. The van der Waals surface area contributed by atoms with E-state index in [0.717, 1.165) is 16.4 Å². The maximum Gasteiger partial charge on any atom is 0.419 e. The molecule has 1 saturated heterocycles. The quantitative estimate of drug-likeness (QED) is 0.214. The van der Waals surface area contributed by atoms with E-state index >= 15 is 0 Å². The van der Waals surface area contributed by atoms with E-state index in [4.69, 9.17) is 4.74 Å². The summed E-state index contributed by atoms with van der Waals surface area (Å²) in [5, 5.41) is 3.12. The van der Waals surface area contributed by atoms with Gasteiger partial charge in [0.2, 0.25) is 5.95 Å². The molecule has 0 unspecified atom stereocenters. The first kappa shape index (κ1) is 34.4. The summed E-state index contributed by atoms with van der Waals surface area (Å²) in [7, 11) is -4.39. The van der Waals surface area contributed by atoms with E-state index in [1.54, 1.807) is 26.8 Å². The smallest absolute Gasteiger partial charge is 0.419 e. The molecule has 0 bridgehead atoms. The molecule has 13 nitrogen and oxygen atoms in total. The predicted molar refractivity (Wildman–Crippen MR) is 178 cm³/mol. The number of fused-ring (bicyclic) bond motifs is 1. The average molecular weight is 712 g/mol. The monoisotopic (exact) mass is 711 g/mol. The Morgan fingerprint density at radius 3 is 2.48 bits per heavy atom. The van der Waals surface area contributed by atoms with Crippen molar-refractivity contribution < 1.29 is 31.1 Å². The summed E-state index contributed by atoms with van der Waals surface area (Å²) in [6.07, 6.45) is -1.45. The van der Waals surface area contributed by atoms with Gasteiger partial charge in [-0.1, -0.05) is 30.3 Å². The minimum Gasteiger partial charge on any atom is -0.444 e. The second kappa shape index (κ2) is 12.8. The number of rotatable bonds is 6. The van der Waals surface area contributed by atoms with Crippen LogP contribution < -0.4 is 16.6 Å². The van der Waals surface area contributed by atoms with Gasteiger partial charge >= 0.3 is 18.0 Å². The summed E-state index contributed by atoms with van der Waals surface area (Å²) in [6, 6.07) is 11.0. The number of aromatic nitrogens is 5. The van der Waals surface area contributed by atoms with E-state index in [1.807, 2.05) is 0 Å². The highest BCUT2D eigenvalue weighted by atomic mass is 32.2. The fraction of sp³-hybridized carbons (Fsp3) is 0.303. The van der Waals surface area contributed by atoms with Gasteiger partial charge in [-0.3, -0.25) is 9.78 Å². The fourth-order valence-electron chi connectivity index (χ4n) is 5.72. The second-order valence-electron chi connectivity index (χ2n) is 12.7. The van der Waals surface area contributed by atoms with Crippen LogP contribution in [0.15, 0.2) is 81.6 Å². The van der Waals surface area contributed by atoms with E-state index in [0.29, 0.717) is 25.6 Å². The van der Waals surface area contributed by atoms with E-state index in [1.165, 1.54) is 47.4 Å². The van der Waals surface area contributed by atoms with Gasteiger partial charge in [0.15, 0.2) is 0 Å². The SMILES string of the molecule is CC(C)(C)OC(=O)N1CCC[C@H](Nc2ncc(C(F)(F)F)c(-c3cn(S(=O)(=O)c4ccccc4)c4cc(-c5c[nH]c(=O)[nH]c5=O)ccc34)n2)C1. The predicted octanol–water partition coefficient (Wildman–Crippen LogP) is 5.21. The van der Waals surface area contributed by atoms with Crippen LogP contribution in [0.2, 0.25) is 0 Å². The zero-order chi connectivity index (χ0) is 36.0. The molecule has 17 heteroatoms. The van der Waals surface area contributed by atoms with Gasteiger partial charge in [0.05, 0.1) is 21.7 Å². The van der Waals surface area contributed by atoms with E-state index in [9.17, 15) is 36.0 Å². The molecule has 0 saturated carbocycles. The van der Waals surface area contributed by atoms with Crippen LogP contribution in [0.5, 0.6) is 0 Å². The number of amides is 1. The van der Waals surface area contributed by atoms with Gasteiger partial charge < -0.3 is 19.9 Å². The van der Waals surface area contributed by atoms with E-state index in [-0.39, 0.29) is 45.0 Å². The highest BCUT2D eigenvalue weighted by Crippen LogP contribution is 2.41. The number of nitrogens with zero attached hydrogens (tertiary/aromatic N) is 4. The van der Waals surface area contributed by atoms with Gasteiger partial charge in [-0.25, -0.2) is 31.9 Å². The molecule has 5 aromatic rings. The molecule has 6 rings (SSSR count). The van der Waals surface area contributed by atoms with Crippen LogP contribution >= 0.6 is 0 Å². The van der Waals surface area contributed by atoms with Crippen molar-refractivity contribution in [2.75, 3.05) is 18.4 Å². The van der Waals surface area contributed by atoms with E-state index in [2.05, 4.69) is 25.3 Å². The van der Waals surface area contributed by atoms with Gasteiger partial charge in [-0.2, -0.15) is 13.2 Å². The van der Waals surface area contributed by atoms with Gasteiger partial charge in [-0.05, 0) is 57.4 Å². The summed E-state index contributed by atoms with van der Waals surface area (Å²) >= 11 is 0. The number of carbonyl (C=O) groups is 1. The number of ether oxygens (including phenoxy) is 1. The Morgan fingerprint density at radius 2 is 1.80 bits per heavy atom. The third-order valence-corrected chi connectivity index (χ3v) is 9.65. The lowest BCUT2D eigenvalue weighted by Crippen LogP contribution is -2.47. The van der Waals surface area contributed by atoms with Crippen LogP contribution in [-0.2, 0) is 20.9 Å². The van der Waals surface area contributed by atoms with Crippen LogP contribution in [-0.4, -0.2) is 68.1 Å². The van der Waals surface area contributed by atoms with Crippen molar-refractivity contribution in [2.45, 2.75) is 56.3 Å². The molecule has 1 aliphatic rings. The molecule has 262 valence electrons. The molecule has 1 aliphatic heterocycles. The molecule has 4 heterocycles. The molecule has 3 aromatic heterocycles. The number of alkyl halides is 3. The van der Waals surface area contributed by atoms with Gasteiger partial charge in [0.25, 0.3) is 15.6 Å². The van der Waals surface area contributed by atoms with Gasteiger partial charge in [-0.15, -0.1) is 0 Å². The summed E-state index contributed by atoms with van der Waals surface area (Å²) < 4.78 is 77.8. The second-order valence-corrected chi connectivity index (χ2v) is 14.6. The maximum absolute atomic E-state index is 14.5. The number of carbonyl (C=O) groups excluding carboxylic acids is 1. The van der Waals surface area contributed by atoms with Crippen LogP contribution in [0, 0.1) is 0 Å². The molecule has 0 aliphatic carbocycles. The van der Waals surface area contributed by atoms with E-state index < -0.39 is 56.4 Å². The Kier molecular flexibility index (Phi) is 8.80. The summed E-state index contributed by atoms with van der Waals surface area (Å²) in [5.41, 5.74) is -4.05. The lowest BCUT2D eigenvalue weighted by Gasteiger charge is -2.34. The summed E-state index contributed by atoms with van der Waals surface area (Å²) in [6.45, 7) is 5.86. The van der Waals surface area contributed by atoms with Crippen LogP contribution in [0.25, 0.3) is 33.3 Å². The number of likely N-dealkylation sites (tertiary alicyclic amines) is 1. The Morgan fingerprint density at radius 1 is 1.06 bits per heavy atom. The van der Waals surface area contributed by atoms with Crippen molar-refractivity contribution in [1.29, 1.82) is 0 Å². The summed E-state index contributed by atoms with van der Waals surface area (Å²) in [4.78, 5) is 51.0. The average Bonchev–Trinajstić information content (AvgIpc) is 3.44. The summed E-state index contributed by atoms with van der Waals surface area (Å²) in [5.74, 6) is -0.160. The van der Waals surface area contributed by atoms with Gasteiger partial charge in [0.1, 0.15) is 11.2 Å². The number of benzene rings is 2. The molecular formula is C33H32F3N7O6S. The number of nitrogens with one attached hydrogen (secondary N) is 3. The number of halogens is 3. The molecule has 3 N–H and O–H groups in total. The molecular weight excluding hydrogens is 679 g/mol. The number of piperidine rings is 1. The Labute approximate surface area is 283 Å². The van der Waals surface area contributed by atoms with Crippen molar-refractivity contribution in [3.63, 3.8) is 0 Å². The van der Waals surface area contributed by atoms with Gasteiger partial charge in [0, 0.05) is 48.7 Å². The highest BCUT2D eigenvalue weighted by molar-refractivity contribution is 7.90. The standard InChI is InChI=1S/C33H32F3N7O6S/c1-32(2,3)49-31(46)42-13-7-8-20(17-42)39-29-37-16-25(33(34,35)36)27(40-29)24-18-43(50(47,48)21-9-5-4-6-10-21)26-14-19(11-12-22(24)26)23-15-38-30(45)41-28(23)44/h4-6,9-12,14-16,18,20H,7-8,13,17H2,1-3H3,(H,37,39,40)(H2,38,41,44,45)/t20-/m0/s1.